The number of hydrogen-bond donors (Lipinski definition) is 1. The summed E-state index contributed by atoms with van der Waals surface area (Å²) in [5.41, 5.74) is 9.02. The van der Waals surface area contributed by atoms with Gasteiger partial charge in [-0.3, -0.25) is 0 Å². The molecule has 1 atom stereocenters. The lowest BCUT2D eigenvalue weighted by molar-refractivity contribution is 0.911. The molecule has 100 valence electrons. The molecule has 0 bridgehead atoms. The molecule has 1 heterocycles. The van der Waals surface area contributed by atoms with Gasteiger partial charge in [-0.25, -0.2) is 0 Å². The van der Waals surface area contributed by atoms with E-state index in [0.717, 1.165) is 4.47 Å². The fraction of sp³-hybridized carbons (Fsp3) is 0.333. The first-order valence-corrected chi connectivity index (χ1v) is 9.04. The molecule has 0 aliphatic heterocycles. The summed E-state index contributed by atoms with van der Waals surface area (Å²) in [7, 11) is 0. The van der Waals surface area contributed by atoms with E-state index < -0.39 is 0 Å². The van der Waals surface area contributed by atoms with Crippen molar-refractivity contribution in [1.29, 1.82) is 0 Å². The number of thioether (sulfide) groups is 1. The second kappa shape index (κ2) is 6.00. The molecule has 0 amide bonds. The molecule has 0 fully saturated rings. The number of hydrogen-bond acceptors (Lipinski definition) is 3. The predicted molar refractivity (Wildman–Crippen MR) is 88.1 cm³/mol. The molecule has 0 radical (unpaired) electrons. The van der Waals surface area contributed by atoms with E-state index in [-0.39, 0.29) is 0 Å². The van der Waals surface area contributed by atoms with Crippen molar-refractivity contribution in [2.45, 2.75) is 29.4 Å². The molecular formula is C15H16BrNS2. The number of thiophene rings is 1. The van der Waals surface area contributed by atoms with Gasteiger partial charge in [0, 0.05) is 26.2 Å². The molecule has 1 aromatic heterocycles. The Morgan fingerprint density at radius 1 is 1.26 bits per heavy atom. The summed E-state index contributed by atoms with van der Waals surface area (Å²) in [6, 6.07) is 9.09. The van der Waals surface area contributed by atoms with Crippen LogP contribution in [0.4, 0.5) is 0 Å². The minimum Gasteiger partial charge on any atom is -0.329 e. The zero-order valence-electron chi connectivity index (χ0n) is 10.6. The molecule has 1 aromatic carbocycles. The monoisotopic (exact) mass is 353 g/mol. The summed E-state index contributed by atoms with van der Waals surface area (Å²) in [6.07, 6.45) is 3.79. The number of halogens is 1. The average Bonchev–Trinajstić information content (AvgIpc) is 3.04. The molecule has 1 unspecified atom stereocenters. The molecule has 2 N–H and O–H groups in total. The van der Waals surface area contributed by atoms with Crippen molar-refractivity contribution in [1.82, 2.24) is 0 Å². The molecule has 2 aromatic rings. The first kappa shape index (κ1) is 13.7. The van der Waals surface area contributed by atoms with Crippen LogP contribution in [0.3, 0.4) is 0 Å². The van der Waals surface area contributed by atoms with Crippen LogP contribution in [0.2, 0.25) is 0 Å². The van der Waals surface area contributed by atoms with Crippen LogP contribution in [0.25, 0.3) is 0 Å². The second-order valence-corrected chi connectivity index (χ2v) is 7.93. The summed E-state index contributed by atoms with van der Waals surface area (Å²) in [5.74, 6) is 0. The lowest BCUT2D eigenvalue weighted by Crippen LogP contribution is -2.07. The molecule has 0 saturated carbocycles. The third-order valence-corrected chi connectivity index (χ3v) is 6.68. The Hall–Kier alpha value is -0.290. The highest BCUT2D eigenvalue weighted by Crippen LogP contribution is 2.39. The number of benzene rings is 1. The van der Waals surface area contributed by atoms with E-state index in [1.165, 1.54) is 40.2 Å². The molecule has 3 rings (SSSR count). The number of nitrogens with two attached hydrogens (primary N) is 1. The van der Waals surface area contributed by atoms with Gasteiger partial charge in [-0.1, -0.05) is 6.07 Å². The summed E-state index contributed by atoms with van der Waals surface area (Å²) >= 11 is 7.18. The van der Waals surface area contributed by atoms with Crippen LogP contribution in [0.1, 0.15) is 27.7 Å². The topological polar surface area (TPSA) is 26.0 Å². The lowest BCUT2D eigenvalue weighted by atomic mass is 10.1. The highest BCUT2D eigenvalue weighted by atomic mass is 79.9. The van der Waals surface area contributed by atoms with Gasteiger partial charge in [0.15, 0.2) is 0 Å². The first-order valence-electron chi connectivity index (χ1n) is 6.48. The SMILES string of the molecule is NCC(Sc1ccc2c(c1)CCC2)c1cc(Br)cs1. The molecule has 1 aliphatic rings. The Kier molecular flexibility index (Phi) is 4.32. The van der Waals surface area contributed by atoms with Crippen molar-refractivity contribution in [3.05, 3.63) is 50.1 Å². The van der Waals surface area contributed by atoms with Crippen LogP contribution >= 0.6 is 39.0 Å². The Labute approximate surface area is 130 Å². The third-order valence-electron chi connectivity index (χ3n) is 3.47. The summed E-state index contributed by atoms with van der Waals surface area (Å²) in [4.78, 5) is 2.69. The van der Waals surface area contributed by atoms with E-state index in [9.17, 15) is 0 Å². The van der Waals surface area contributed by atoms with Gasteiger partial charge in [-0.05, 0) is 64.5 Å². The van der Waals surface area contributed by atoms with Crippen molar-refractivity contribution in [2.24, 2.45) is 5.73 Å². The van der Waals surface area contributed by atoms with Gasteiger partial charge in [0.25, 0.3) is 0 Å². The van der Waals surface area contributed by atoms with E-state index >= 15 is 0 Å². The predicted octanol–water partition coefficient (Wildman–Crippen LogP) is 4.79. The van der Waals surface area contributed by atoms with Gasteiger partial charge in [0.2, 0.25) is 0 Å². The summed E-state index contributed by atoms with van der Waals surface area (Å²) in [5, 5.41) is 2.48. The average molecular weight is 354 g/mol. The molecule has 0 saturated heterocycles. The Morgan fingerprint density at radius 2 is 2.11 bits per heavy atom. The molecule has 4 heteroatoms. The Morgan fingerprint density at radius 3 is 2.84 bits per heavy atom. The fourth-order valence-corrected chi connectivity index (χ4v) is 5.22. The van der Waals surface area contributed by atoms with Gasteiger partial charge < -0.3 is 5.73 Å². The molecule has 19 heavy (non-hydrogen) atoms. The van der Waals surface area contributed by atoms with Crippen molar-refractivity contribution < 1.29 is 0 Å². The van der Waals surface area contributed by atoms with Gasteiger partial charge in [0.1, 0.15) is 0 Å². The fourth-order valence-electron chi connectivity index (χ4n) is 2.51. The Bertz CT molecular complexity index is 579. The van der Waals surface area contributed by atoms with Crippen molar-refractivity contribution in [2.75, 3.05) is 6.54 Å². The maximum atomic E-state index is 5.95. The maximum Gasteiger partial charge on any atom is 0.0561 e. The number of aryl methyl sites for hydroxylation is 2. The minimum absolute atomic E-state index is 0.357. The first-order chi connectivity index (χ1) is 9.26. The zero-order chi connectivity index (χ0) is 13.2. The molecular weight excluding hydrogens is 338 g/mol. The molecule has 1 nitrogen and oxygen atoms in total. The van der Waals surface area contributed by atoms with E-state index in [2.05, 4.69) is 45.6 Å². The smallest absolute Gasteiger partial charge is 0.0561 e. The van der Waals surface area contributed by atoms with E-state index in [1.54, 1.807) is 11.3 Å². The van der Waals surface area contributed by atoms with Crippen LogP contribution in [0.15, 0.2) is 39.0 Å². The normalized spacial score (nSPS) is 15.5. The van der Waals surface area contributed by atoms with Gasteiger partial charge in [-0.2, -0.15) is 0 Å². The van der Waals surface area contributed by atoms with E-state index in [1.807, 2.05) is 11.8 Å². The van der Waals surface area contributed by atoms with Crippen LogP contribution in [-0.2, 0) is 12.8 Å². The van der Waals surface area contributed by atoms with E-state index in [0.29, 0.717) is 11.8 Å². The number of fused-ring (bicyclic) bond motifs is 1. The maximum absolute atomic E-state index is 5.95. The quantitative estimate of drug-likeness (QED) is 0.799. The van der Waals surface area contributed by atoms with Crippen molar-refractivity contribution in [3.63, 3.8) is 0 Å². The minimum atomic E-state index is 0.357. The summed E-state index contributed by atoms with van der Waals surface area (Å²) in [6.45, 7) is 0.675. The van der Waals surface area contributed by atoms with E-state index in [4.69, 9.17) is 5.73 Å². The van der Waals surface area contributed by atoms with Crippen LogP contribution in [-0.4, -0.2) is 6.54 Å². The zero-order valence-corrected chi connectivity index (χ0v) is 13.8. The lowest BCUT2D eigenvalue weighted by Gasteiger charge is -2.13. The second-order valence-electron chi connectivity index (χ2n) is 4.79. The number of rotatable bonds is 4. The van der Waals surface area contributed by atoms with Gasteiger partial charge in [0.05, 0.1) is 5.25 Å². The van der Waals surface area contributed by atoms with Gasteiger partial charge >= 0.3 is 0 Å². The highest BCUT2D eigenvalue weighted by Gasteiger charge is 2.16. The van der Waals surface area contributed by atoms with Gasteiger partial charge in [-0.15, -0.1) is 23.1 Å². The van der Waals surface area contributed by atoms with Crippen molar-refractivity contribution >= 4 is 39.0 Å². The third kappa shape index (κ3) is 3.07. The van der Waals surface area contributed by atoms with Crippen LogP contribution in [0, 0.1) is 0 Å². The van der Waals surface area contributed by atoms with Crippen molar-refractivity contribution in [3.8, 4) is 0 Å². The molecule has 0 spiro atoms. The standard InChI is InChI=1S/C15H16BrNS2/c16-12-7-14(18-9-12)15(8-17)19-13-5-4-10-2-1-3-11(10)6-13/h4-7,9,15H,1-3,8,17H2. The summed E-state index contributed by atoms with van der Waals surface area (Å²) < 4.78 is 1.15. The Balaban J connectivity index is 1.79. The van der Waals surface area contributed by atoms with Crippen LogP contribution < -0.4 is 5.73 Å². The largest absolute Gasteiger partial charge is 0.329 e. The molecule has 1 aliphatic carbocycles. The van der Waals surface area contributed by atoms with Crippen LogP contribution in [0.5, 0.6) is 0 Å². The highest BCUT2D eigenvalue weighted by molar-refractivity contribution is 9.10.